The third kappa shape index (κ3) is 10.3. The molecule has 0 bridgehead atoms. The highest BCUT2D eigenvalue weighted by atomic mass is 16.7. The summed E-state index contributed by atoms with van der Waals surface area (Å²) in [5.74, 6) is -1.13. The fourth-order valence-electron chi connectivity index (χ4n) is 3.11. The molecule has 0 aromatic rings. The number of rotatable bonds is 4. The molecule has 16 nitrogen and oxygen atoms in total. The van der Waals surface area contributed by atoms with Gasteiger partial charge in [0.25, 0.3) is 0 Å². The number of carbonyl (C=O) groups is 4. The molecular weight excluding hydrogens is 488 g/mol. The summed E-state index contributed by atoms with van der Waals surface area (Å²) >= 11 is 0. The van der Waals surface area contributed by atoms with Gasteiger partial charge in [0.05, 0.1) is 49.9 Å². The number of ether oxygens (including phenoxy) is 8. The second kappa shape index (κ2) is 15.6. The minimum atomic E-state index is -0.530. The SMILES string of the molecule is COC1OC(=O)CC1N.COC1OC(=O)CC1N.COC1OC(=O)CC1N.COC1OC(=O)CC1N. The Morgan fingerprint density at radius 1 is 0.472 bits per heavy atom. The second-order valence-corrected chi connectivity index (χ2v) is 7.85. The van der Waals surface area contributed by atoms with E-state index in [1.54, 1.807) is 0 Å². The Balaban J connectivity index is 0.000000240. The van der Waals surface area contributed by atoms with Crippen LogP contribution in [0.15, 0.2) is 0 Å². The van der Waals surface area contributed by atoms with Crippen LogP contribution in [0.1, 0.15) is 25.7 Å². The van der Waals surface area contributed by atoms with E-state index in [1.165, 1.54) is 28.4 Å². The lowest BCUT2D eigenvalue weighted by atomic mass is 10.2. The predicted molar refractivity (Wildman–Crippen MR) is 118 cm³/mol. The molecule has 0 aromatic carbocycles. The first-order valence-corrected chi connectivity index (χ1v) is 10.9. The molecule has 4 aliphatic heterocycles. The molecule has 0 aliphatic carbocycles. The Morgan fingerprint density at radius 3 is 0.694 bits per heavy atom. The topological polar surface area (TPSA) is 246 Å². The van der Waals surface area contributed by atoms with Crippen LogP contribution in [0.25, 0.3) is 0 Å². The highest BCUT2D eigenvalue weighted by Crippen LogP contribution is 2.14. The van der Waals surface area contributed by atoms with Crippen LogP contribution < -0.4 is 22.9 Å². The average Bonchev–Trinajstić information content (AvgIpc) is 3.54. The van der Waals surface area contributed by atoms with Gasteiger partial charge in [-0.25, -0.2) is 0 Å². The molecule has 0 spiro atoms. The van der Waals surface area contributed by atoms with E-state index in [9.17, 15) is 19.2 Å². The molecule has 4 aliphatic rings. The van der Waals surface area contributed by atoms with Gasteiger partial charge < -0.3 is 60.8 Å². The number of carbonyl (C=O) groups excluding carboxylic acids is 4. The molecule has 4 saturated heterocycles. The van der Waals surface area contributed by atoms with E-state index >= 15 is 0 Å². The van der Waals surface area contributed by atoms with Crippen molar-refractivity contribution in [1.29, 1.82) is 0 Å². The van der Waals surface area contributed by atoms with Crippen molar-refractivity contribution in [2.45, 2.75) is 75.0 Å². The van der Waals surface area contributed by atoms with Gasteiger partial charge in [-0.1, -0.05) is 0 Å². The number of nitrogens with two attached hydrogens (primary N) is 4. The van der Waals surface area contributed by atoms with Crippen LogP contribution in [0.3, 0.4) is 0 Å². The molecule has 0 amide bonds. The van der Waals surface area contributed by atoms with Gasteiger partial charge in [0, 0.05) is 28.4 Å². The third-order valence-corrected chi connectivity index (χ3v) is 4.93. The lowest BCUT2D eigenvalue weighted by Crippen LogP contribution is -2.31. The van der Waals surface area contributed by atoms with Crippen LogP contribution in [-0.4, -0.2) is 102 Å². The Kier molecular flexibility index (Phi) is 13.7. The third-order valence-electron chi connectivity index (χ3n) is 4.93. The normalized spacial score (nSPS) is 34.7. The van der Waals surface area contributed by atoms with Crippen LogP contribution >= 0.6 is 0 Å². The summed E-state index contributed by atoms with van der Waals surface area (Å²) in [5, 5.41) is 0. The minimum absolute atomic E-state index is 0.262. The summed E-state index contributed by atoms with van der Waals surface area (Å²) < 4.78 is 37.4. The maximum atomic E-state index is 10.4. The molecule has 8 N–H and O–H groups in total. The quantitative estimate of drug-likeness (QED) is 0.210. The smallest absolute Gasteiger partial charge is 0.309 e. The van der Waals surface area contributed by atoms with Crippen LogP contribution in [0.2, 0.25) is 0 Å². The summed E-state index contributed by atoms with van der Waals surface area (Å²) in [4.78, 5) is 41.8. The van der Waals surface area contributed by atoms with Crippen molar-refractivity contribution >= 4 is 23.9 Å². The van der Waals surface area contributed by atoms with Crippen molar-refractivity contribution in [2.75, 3.05) is 28.4 Å². The molecule has 4 heterocycles. The first kappa shape index (κ1) is 31.6. The number of cyclic esters (lactones) is 4. The molecule has 0 saturated carbocycles. The van der Waals surface area contributed by atoms with Crippen molar-refractivity contribution in [3.63, 3.8) is 0 Å². The Hall–Kier alpha value is -2.44. The summed E-state index contributed by atoms with van der Waals surface area (Å²) in [6, 6.07) is -1.16. The van der Waals surface area contributed by atoms with Gasteiger partial charge in [0.2, 0.25) is 25.2 Å². The van der Waals surface area contributed by atoms with Crippen molar-refractivity contribution in [1.82, 2.24) is 0 Å². The first-order valence-electron chi connectivity index (χ1n) is 10.9. The van der Waals surface area contributed by atoms with Crippen LogP contribution in [-0.2, 0) is 57.1 Å². The van der Waals surface area contributed by atoms with Crippen molar-refractivity contribution in [3.8, 4) is 0 Å². The van der Waals surface area contributed by atoms with Gasteiger partial charge in [-0.3, -0.25) is 19.2 Å². The van der Waals surface area contributed by atoms with Crippen molar-refractivity contribution in [3.05, 3.63) is 0 Å². The van der Waals surface area contributed by atoms with E-state index in [1.807, 2.05) is 0 Å². The number of hydrogen-bond acceptors (Lipinski definition) is 16. The van der Waals surface area contributed by atoms with Crippen molar-refractivity contribution < 1.29 is 57.1 Å². The molecule has 8 atom stereocenters. The van der Waals surface area contributed by atoms with Gasteiger partial charge >= 0.3 is 23.9 Å². The number of methoxy groups -OCH3 is 4. The van der Waals surface area contributed by atoms with Crippen LogP contribution in [0, 0.1) is 0 Å². The summed E-state index contributed by atoms with van der Waals surface area (Å²) in [5.41, 5.74) is 21.6. The van der Waals surface area contributed by atoms with Gasteiger partial charge in [-0.2, -0.15) is 0 Å². The lowest BCUT2D eigenvalue weighted by molar-refractivity contribution is -0.159. The standard InChI is InChI=1S/4C5H9NO3/c4*1-8-5-3(6)2-4(7)9-5/h4*3,5H,2,6H2,1H3. The van der Waals surface area contributed by atoms with Crippen LogP contribution in [0.4, 0.5) is 0 Å². The van der Waals surface area contributed by atoms with Crippen molar-refractivity contribution in [2.24, 2.45) is 22.9 Å². The Morgan fingerprint density at radius 2 is 0.639 bits per heavy atom. The Labute approximate surface area is 208 Å². The molecule has 36 heavy (non-hydrogen) atoms. The number of esters is 4. The Bertz CT molecular complexity index is 621. The summed E-state index contributed by atoms with van der Waals surface area (Å²) in [6.07, 6.45) is -1.07. The molecule has 0 radical (unpaired) electrons. The molecule has 4 rings (SSSR count). The van der Waals surface area contributed by atoms with E-state index in [4.69, 9.17) is 41.9 Å². The average molecular weight is 525 g/mol. The molecule has 4 fully saturated rings. The molecule has 16 heteroatoms. The maximum absolute atomic E-state index is 10.4. The maximum Gasteiger partial charge on any atom is 0.309 e. The molecule has 8 unspecified atom stereocenters. The summed E-state index contributed by atoms with van der Waals surface area (Å²) in [7, 11) is 5.85. The molecule has 208 valence electrons. The van der Waals surface area contributed by atoms with Gasteiger partial charge in [-0.05, 0) is 0 Å². The van der Waals surface area contributed by atoms with Crippen LogP contribution in [0.5, 0.6) is 0 Å². The number of hydrogen-bond donors (Lipinski definition) is 4. The lowest BCUT2D eigenvalue weighted by Gasteiger charge is -2.09. The zero-order chi connectivity index (χ0) is 27.4. The second-order valence-electron chi connectivity index (χ2n) is 7.85. The van der Waals surface area contributed by atoms with E-state index in [-0.39, 0.29) is 73.7 Å². The van der Waals surface area contributed by atoms with E-state index in [0.717, 1.165) is 0 Å². The van der Waals surface area contributed by atoms with E-state index in [0.29, 0.717) is 0 Å². The highest BCUT2D eigenvalue weighted by molar-refractivity contribution is 5.73. The minimum Gasteiger partial charge on any atom is -0.434 e. The first-order chi connectivity index (χ1) is 16.9. The highest BCUT2D eigenvalue weighted by Gasteiger charge is 2.33. The molecular formula is C20H36N4O12. The largest absolute Gasteiger partial charge is 0.434 e. The monoisotopic (exact) mass is 524 g/mol. The van der Waals surface area contributed by atoms with Gasteiger partial charge in [0.15, 0.2) is 0 Å². The summed E-state index contributed by atoms with van der Waals surface area (Å²) in [6.45, 7) is 0. The van der Waals surface area contributed by atoms with Gasteiger partial charge in [0.1, 0.15) is 0 Å². The fourth-order valence-corrected chi connectivity index (χ4v) is 3.11. The van der Waals surface area contributed by atoms with E-state index in [2.05, 4.69) is 18.9 Å². The van der Waals surface area contributed by atoms with E-state index < -0.39 is 25.2 Å². The van der Waals surface area contributed by atoms with Gasteiger partial charge in [-0.15, -0.1) is 0 Å². The zero-order valence-corrected chi connectivity index (χ0v) is 20.7. The zero-order valence-electron chi connectivity index (χ0n) is 20.7. The molecule has 0 aromatic heterocycles. The fraction of sp³-hybridized carbons (Fsp3) is 0.800. The predicted octanol–water partition coefficient (Wildman–Crippen LogP) is -3.07.